The Morgan fingerprint density at radius 1 is 1.33 bits per heavy atom. The second-order valence-electron chi connectivity index (χ2n) is 1.44. The Kier molecular flexibility index (Phi) is 14.5. The molecule has 0 aliphatic carbocycles. The van der Waals surface area contributed by atoms with Crippen LogP contribution in [0.4, 0.5) is 4.39 Å². The Bertz CT molecular complexity index is 41.9. The Labute approximate surface area is 61.0 Å². The van der Waals surface area contributed by atoms with E-state index < -0.39 is 0 Å². The molecule has 0 amide bonds. The second kappa shape index (κ2) is 11.0. The lowest BCUT2D eigenvalue weighted by Crippen LogP contribution is -2.09. The molecule has 0 bridgehead atoms. The summed E-state index contributed by atoms with van der Waals surface area (Å²) in [7, 11) is 0. The van der Waals surface area contributed by atoms with Crippen molar-refractivity contribution in [2.24, 2.45) is 5.73 Å². The van der Waals surface area contributed by atoms with Gasteiger partial charge in [-0.25, -0.2) is 0 Å². The van der Waals surface area contributed by atoms with E-state index in [4.69, 9.17) is 10.5 Å². The molecule has 0 aromatic heterocycles. The van der Waals surface area contributed by atoms with Crippen LogP contribution in [0.15, 0.2) is 0 Å². The largest absolute Gasteiger partial charge is 0.380 e. The molecule has 0 atom stereocenters. The second-order valence-corrected chi connectivity index (χ2v) is 1.44. The first-order chi connectivity index (χ1) is 3.91. The van der Waals surface area contributed by atoms with E-state index in [0.717, 1.165) is 0 Å². The van der Waals surface area contributed by atoms with E-state index in [2.05, 4.69) is 0 Å². The number of hydrogen-bond donors (Lipinski definition) is 1. The number of hydrogen-bond acceptors (Lipinski definition) is 2. The summed E-state index contributed by atoms with van der Waals surface area (Å²) in [4.78, 5) is 0. The van der Waals surface area contributed by atoms with Crippen molar-refractivity contribution in [2.45, 2.75) is 6.42 Å². The summed E-state index contributed by atoms with van der Waals surface area (Å²) < 4.78 is 16.2. The number of rotatable bonds is 5. The molecule has 0 unspecified atom stereocenters. The van der Waals surface area contributed by atoms with Crippen LogP contribution < -0.4 is 5.73 Å². The molecule has 0 saturated heterocycles. The van der Waals surface area contributed by atoms with Gasteiger partial charge in [-0.2, -0.15) is 0 Å². The van der Waals surface area contributed by atoms with Gasteiger partial charge in [0.05, 0.1) is 13.3 Å². The van der Waals surface area contributed by atoms with Crippen LogP contribution in [-0.4, -0.2) is 26.4 Å². The van der Waals surface area contributed by atoms with Crippen LogP contribution in [0.3, 0.4) is 0 Å². The summed E-state index contributed by atoms with van der Waals surface area (Å²) >= 11 is 0. The van der Waals surface area contributed by atoms with E-state index in [1.165, 1.54) is 0 Å². The zero-order valence-electron chi connectivity index (χ0n) is 5.31. The quantitative estimate of drug-likeness (QED) is 0.598. The van der Waals surface area contributed by atoms with Crippen LogP contribution in [0.25, 0.3) is 0 Å². The van der Waals surface area contributed by atoms with Gasteiger partial charge in [0.2, 0.25) is 0 Å². The van der Waals surface area contributed by atoms with Crippen LogP contribution in [0.2, 0.25) is 0 Å². The lowest BCUT2D eigenvalue weighted by Gasteiger charge is -1.96. The molecule has 0 fully saturated rings. The highest BCUT2D eigenvalue weighted by Gasteiger charge is 1.83. The van der Waals surface area contributed by atoms with E-state index in [0.29, 0.717) is 26.2 Å². The van der Waals surface area contributed by atoms with E-state index in [1.807, 2.05) is 0 Å². The molecule has 4 heteroatoms. The molecule has 9 heavy (non-hydrogen) atoms. The maximum Gasteiger partial charge on any atom is 0.0916 e. The van der Waals surface area contributed by atoms with Crippen LogP contribution in [0, 0.1) is 0 Å². The molecule has 0 radical (unpaired) electrons. The monoisotopic (exact) mass is 157 g/mol. The number of ether oxygens (including phenoxy) is 1. The van der Waals surface area contributed by atoms with Gasteiger partial charge in [-0.3, -0.25) is 4.39 Å². The summed E-state index contributed by atoms with van der Waals surface area (Å²) in [5.41, 5.74) is 5.09. The number of halogens is 2. The first-order valence-electron chi connectivity index (χ1n) is 2.75. The topological polar surface area (TPSA) is 35.2 Å². The van der Waals surface area contributed by atoms with Gasteiger partial charge in [0.15, 0.2) is 0 Å². The molecular weight excluding hydrogens is 145 g/mol. The highest BCUT2D eigenvalue weighted by atomic mass is 35.5. The minimum Gasteiger partial charge on any atom is -0.380 e. The average Bonchev–Trinajstić information content (AvgIpc) is 1.81. The maximum atomic E-state index is 11.3. The maximum absolute atomic E-state index is 11.3. The zero-order valence-corrected chi connectivity index (χ0v) is 6.12. The van der Waals surface area contributed by atoms with E-state index >= 15 is 0 Å². The van der Waals surface area contributed by atoms with Gasteiger partial charge in [-0.05, 0) is 6.42 Å². The van der Waals surface area contributed by atoms with Crippen LogP contribution in [0.5, 0.6) is 0 Å². The van der Waals surface area contributed by atoms with Crippen LogP contribution in [0.1, 0.15) is 6.42 Å². The summed E-state index contributed by atoms with van der Waals surface area (Å²) in [6, 6.07) is 0. The van der Waals surface area contributed by atoms with E-state index in [-0.39, 0.29) is 19.1 Å². The summed E-state index contributed by atoms with van der Waals surface area (Å²) in [5.74, 6) is 0. The van der Waals surface area contributed by atoms with Crippen molar-refractivity contribution < 1.29 is 9.13 Å². The third-order valence-electron chi connectivity index (χ3n) is 0.684. The fraction of sp³-hybridized carbons (Fsp3) is 1.00. The molecule has 2 N–H and O–H groups in total. The van der Waals surface area contributed by atoms with Gasteiger partial charge in [0.1, 0.15) is 0 Å². The van der Waals surface area contributed by atoms with Gasteiger partial charge in [0.25, 0.3) is 0 Å². The number of nitrogens with two attached hydrogens (primary N) is 1. The predicted octanol–water partition coefficient (Wildman–Crippen LogP) is 0.743. The lowest BCUT2D eigenvalue weighted by molar-refractivity contribution is 0.133. The van der Waals surface area contributed by atoms with Gasteiger partial charge in [-0.1, -0.05) is 0 Å². The Balaban J connectivity index is 0. The van der Waals surface area contributed by atoms with Crippen molar-refractivity contribution >= 4 is 12.4 Å². The smallest absolute Gasteiger partial charge is 0.0916 e. The molecule has 0 aliphatic rings. The molecule has 0 aromatic rings. The standard InChI is InChI=1S/C5H12FNO.ClH/c6-2-1-4-8-5-3-7;/h1-5,7H2;1H. The highest BCUT2D eigenvalue weighted by Crippen LogP contribution is 1.81. The fourth-order valence-corrected chi connectivity index (χ4v) is 0.342. The summed E-state index contributed by atoms with van der Waals surface area (Å²) in [6.45, 7) is 1.25. The molecule has 58 valence electrons. The van der Waals surface area contributed by atoms with Crippen molar-refractivity contribution in [2.75, 3.05) is 26.4 Å². The molecule has 0 aliphatic heterocycles. The normalized spacial score (nSPS) is 8.67. The average molecular weight is 158 g/mol. The van der Waals surface area contributed by atoms with Gasteiger partial charge >= 0.3 is 0 Å². The minimum atomic E-state index is -0.301. The van der Waals surface area contributed by atoms with Gasteiger partial charge < -0.3 is 10.5 Å². The molecule has 2 nitrogen and oxygen atoms in total. The Hall–Kier alpha value is 0.140. The fourth-order valence-electron chi connectivity index (χ4n) is 0.342. The first-order valence-corrected chi connectivity index (χ1v) is 2.75. The third-order valence-corrected chi connectivity index (χ3v) is 0.684. The van der Waals surface area contributed by atoms with Crippen molar-refractivity contribution in [1.82, 2.24) is 0 Å². The predicted molar refractivity (Wildman–Crippen MR) is 37.7 cm³/mol. The lowest BCUT2D eigenvalue weighted by atomic mass is 10.5. The van der Waals surface area contributed by atoms with Gasteiger partial charge in [0, 0.05) is 13.2 Å². The molecule has 0 rings (SSSR count). The van der Waals surface area contributed by atoms with Crippen molar-refractivity contribution in [3.05, 3.63) is 0 Å². The van der Waals surface area contributed by atoms with Crippen LogP contribution >= 0.6 is 12.4 Å². The zero-order chi connectivity index (χ0) is 6.24. The molecule has 0 spiro atoms. The van der Waals surface area contributed by atoms with Crippen LogP contribution in [-0.2, 0) is 4.74 Å². The van der Waals surface area contributed by atoms with Crippen molar-refractivity contribution in [1.29, 1.82) is 0 Å². The van der Waals surface area contributed by atoms with Crippen molar-refractivity contribution in [3.63, 3.8) is 0 Å². The Morgan fingerprint density at radius 3 is 2.44 bits per heavy atom. The summed E-state index contributed by atoms with van der Waals surface area (Å²) in [5, 5.41) is 0. The highest BCUT2D eigenvalue weighted by molar-refractivity contribution is 5.85. The van der Waals surface area contributed by atoms with Gasteiger partial charge in [-0.15, -0.1) is 12.4 Å². The molecular formula is C5H13ClFNO. The SMILES string of the molecule is Cl.NCCOCCCF. The molecule has 0 saturated carbocycles. The Morgan fingerprint density at radius 2 is 2.00 bits per heavy atom. The minimum absolute atomic E-state index is 0. The van der Waals surface area contributed by atoms with E-state index in [9.17, 15) is 4.39 Å². The van der Waals surface area contributed by atoms with Crippen molar-refractivity contribution in [3.8, 4) is 0 Å². The van der Waals surface area contributed by atoms with E-state index in [1.54, 1.807) is 0 Å². The first kappa shape index (κ1) is 11.9. The third kappa shape index (κ3) is 11.6. The number of alkyl halides is 1. The summed E-state index contributed by atoms with van der Waals surface area (Å²) in [6.07, 6.45) is 0.486. The molecule has 0 heterocycles. The molecule has 0 aromatic carbocycles.